The number of rotatable bonds is 20. The maximum absolute atomic E-state index is 14.3. The van der Waals surface area contributed by atoms with Crippen LogP contribution in [0.5, 0.6) is 0 Å². The number of carbonyl (C=O) groups is 5. The summed E-state index contributed by atoms with van der Waals surface area (Å²) in [4.78, 5) is 72.6. The second kappa shape index (κ2) is 25.3. The van der Waals surface area contributed by atoms with E-state index in [1.807, 2.05) is 0 Å². The van der Waals surface area contributed by atoms with Crippen LogP contribution in [0.15, 0.2) is 109 Å². The van der Waals surface area contributed by atoms with Gasteiger partial charge in [0.15, 0.2) is 17.3 Å². The predicted octanol–water partition coefficient (Wildman–Crippen LogP) is 13.1. The molecule has 8 aromatic rings. The van der Waals surface area contributed by atoms with E-state index in [2.05, 4.69) is 20.2 Å². The Kier molecular flexibility index (Phi) is 17.8. The molecule has 4 N–H and O–H groups in total. The Bertz CT molecular complexity index is 4020. The number of alkyl halides is 4. The highest BCUT2D eigenvalue weighted by atomic mass is 19.3. The Balaban J connectivity index is 0.000000192. The van der Waals surface area contributed by atoms with Crippen LogP contribution in [0.25, 0.3) is 22.3 Å². The molecule has 6 aliphatic carbocycles. The maximum Gasteiger partial charge on any atom is 0.282 e. The molecule has 4 aromatic carbocycles. The Labute approximate surface area is 497 Å². The number of hydrogen-bond acceptors (Lipinski definition) is 9. The molecule has 2 amide bonds. The number of Topliss-reactive ketones (excluding diaryl/α,β-unsaturated/α-hetero) is 3. The minimum Gasteiger partial charge on any atom is -0.366 e. The quantitative estimate of drug-likeness (QED) is 0.0697. The van der Waals surface area contributed by atoms with Crippen molar-refractivity contribution < 1.29 is 67.9 Å². The van der Waals surface area contributed by atoms with Gasteiger partial charge in [-0.3, -0.25) is 43.3 Å². The number of nitrogens with two attached hydrogens (primary N) is 2. The first-order valence-electron chi connectivity index (χ1n) is 27.9. The lowest BCUT2D eigenvalue weighted by Gasteiger charge is -2.41. The van der Waals surface area contributed by atoms with Gasteiger partial charge < -0.3 is 11.5 Å². The Morgan fingerprint density at radius 2 is 0.966 bits per heavy atom. The molecule has 0 unspecified atom stereocenters. The third-order valence-corrected chi connectivity index (χ3v) is 16.8. The molecule has 14 rings (SSSR count). The van der Waals surface area contributed by atoms with Crippen molar-refractivity contribution in [1.29, 1.82) is 0 Å². The molecule has 4 heterocycles. The van der Waals surface area contributed by atoms with Crippen LogP contribution in [-0.4, -0.2) is 58.7 Å². The second-order valence-corrected chi connectivity index (χ2v) is 22.6. The van der Waals surface area contributed by atoms with Crippen molar-refractivity contribution in [3.63, 3.8) is 0 Å². The molecule has 0 aliphatic heterocycles. The van der Waals surface area contributed by atoms with Crippen LogP contribution < -0.4 is 11.5 Å². The molecule has 2 fully saturated rings. The van der Waals surface area contributed by atoms with Crippen LogP contribution in [0.3, 0.4) is 0 Å². The first kappa shape index (κ1) is 61.9. The fraction of sp³-hybridized carbons (Fsp3) is 0.308. The van der Waals surface area contributed by atoms with Crippen molar-refractivity contribution in [2.45, 2.75) is 115 Å². The maximum atomic E-state index is 14.3. The molecule has 0 saturated heterocycles. The average Bonchev–Trinajstić information content (AvgIpc) is 1.62. The molecule has 4 bridgehead atoms. The van der Waals surface area contributed by atoms with E-state index < -0.39 is 89.4 Å². The van der Waals surface area contributed by atoms with Crippen molar-refractivity contribution >= 4 is 29.2 Å². The number of benzene rings is 4. The number of pyridine rings is 2. The highest BCUT2D eigenvalue weighted by Crippen LogP contribution is 2.53. The minimum atomic E-state index is -2.99. The lowest BCUT2D eigenvalue weighted by Crippen LogP contribution is -2.37. The van der Waals surface area contributed by atoms with Gasteiger partial charge in [0.05, 0.1) is 46.9 Å². The summed E-state index contributed by atoms with van der Waals surface area (Å²) in [6, 6.07) is 20.1. The summed E-state index contributed by atoms with van der Waals surface area (Å²) in [5.41, 5.74) is 13.4. The van der Waals surface area contributed by atoms with E-state index >= 15 is 0 Å². The van der Waals surface area contributed by atoms with Gasteiger partial charge in [0, 0.05) is 89.3 Å². The third-order valence-electron chi connectivity index (χ3n) is 16.8. The fourth-order valence-electron chi connectivity index (χ4n) is 12.9. The van der Waals surface area contributed by atoms with Gasteiger partial charge in [-0.15, -0.1) is 0 Å². The summed E-state index contributed by atoms with van der Waals surface area (Å²) in [5.74, 6) is -9.44. The highest BCUT2D eigenvalue weighted by Gasteiger charge is 2.49. The normalized spacial score (nSPS) is 17.6. The summed E-state index contributed by atoms with van der Waals surface area (Å²) in [6.45, 7) is -0.642. The summed E-state index contributed by atoms with van der Waals surface area (Å²) in [6.07, 6.45) is 0.0930. The van der Waals surface area contributed by atoms with E-state index in [4.69, 9.17) is 11.5 Å². The Hall–Kier alpha value is -9.15. The standard InChI is InChI=1S/C32H25F5N4O3.C32H27F5N4O2.CH4/c33-20-7-15(8-21(34)13-20)6-17(27-23(2-1-5-39-27)16-3-4-25(35)24(12-16)32(38)44)11-22(42)14-41-29-18-9-19(10-18)30(43)26(29)28(40-41)31(36)37;33-21-9-17(10-22(34)14-21)6-19(28-24(2-1-5-39-28)18-3-4-27(35)25(13-18)32(38)43)12-23(42)15-41-30-20-7-16(8-20)11-26(30)29(40-41)31(36)37;/h1-5,7-8,12-13,17-19,31H,6,9-11,14H2,(H2,38,44);1-5,9-10,13-14,16,19-20,31H,6-8,11-12,15H2,(H2,38,43);1H4/t17-,18?,19?;16?,19-,20?;/m11./s1. The van der Waals surface area contributed by atoms with E-state index in [0.717, 1.165) is 55.3 Å². The van der Waals surface area contributed by atoms with Gasteiger partial charge in [0.1, 0.15) is 46.3 Å². The smallest absolute Gasteiger partial charge is 0.282 e. The van der Waals surface area contributed by atoms with E-state index in [1.54, 1.807) is 24.3 Å². The van der Waals surface area contributed by atoms with E-state index in [9.17, 15) is 67.9 Å². The van der Waals surface area contributed by atoms with Crippen molar-refractivity contribution in [2.75, 3.05) is 0 Å². The van der Waals surface area contributed by atoms with Crippen LogP contribution in [-0.2, 0) is 41.9 Å². The molecule has 0 spiro atoms. The topological polar surface area (TPSA) is 199 Å². The second-order valence-electron chi connectivity index (χ2n) is 22.6. The number of nitrogens with zero attached hydrogens (tertiary/aromatic N) is 6. The molecule has 2 saturated carbocycles. The van der Waals surface area contributed by atoms with Gasteiger partial charge in [-0.1, -0.05) is 31.7 Å². The molecule has 2 atom stereocenters. The van der Waals surface area contributed by atoms with Crippen LogP contribution >= 0.6 is 0 Å². The van der Waals surface area contributed by atoms with Gasteiger partial charge >= 0.3 is 0 Å². The molecule has 0 radical (unpaired) electrons. The van der Waals surface area contributed by atoms with Gasteiger partial charge in [-0.25, -0.2) is 43.9 Å². The molecule has 456 valence electrons. The molecule has 13 nitrogen and oxygen atoms in total. The molecular weight excluding hydrogens is 1160 g/mol. The fourth-order valence-corrected chi connectivity index (χ4v) is 12.9. The van der Waals surface area contributed by atoms with Crippen LogP contribution in [0.1, 0.15) is 164 Å². The molecular formula is C65H56F10N8O5. The molecule has 4 aromatic heterocycles. The summed E-state index contributed by atoms with van der Waals surface area (Å²) in [7, 11) is 0. The zero-order chi connectivity index (χ0) is 61.7. The van der Waals surface area contributed by atoms with Crippen molar-refractivity contribution in [3.05, 3.63) is 212 Å². The zero-order valence-corrected chi connectivity index (χ0v) is 45.9. The number of hydrogen-bond donors (Lipinski definition) is 2. The van der Waals surface area contributed by atoms with E-state index in [0.29, 0.717) is 81.8 Å². The van der Waals surface area contributed by atoms with Crippen molar-refractivity contribution in [2.24, 2.45) is 23.3 Å². The number of ketones is 3. The number of halogens is 10. The lowest BCUT2D eigenvalue weighted by molar-refractivity contribution is -0.121. The summed E-state index contributed by atoms with van der Waals surface area (Å²) >= 11 is 0. The van der Waals surface area contributed by atoms with Crippen molar-refractivity contribution in [3.8, 4) is 22.3 Å². The molecule has 88 heavy (non-hydrogen) atoms. The van der Waals surface area contributed by atoms with E-state index in [-0.39, 0.29) is 102 Å². The zero-order valence-electron chi connectivity index (χ0n) is 45.9. The van der Waals surface area contributed by atoms with Gasteiger partial charge in [0.25, 0.3) is 24.7 Å². The monoisotopic (exact) mass is 1220 g/mol. The predicted molar refractivity (Wildman–Crippen MR) is 301 cm³/mol. The van der Waals surface area contributed by atoms with Gasteiger partial charge in [0.2, 0.25) is 0 Å². The van der Waals surface area contributed by atoms with Crippen molar-refractivity contribution in [1.82, 2.24) is 29.5 Å². The average molecular weight is 1220 g/mol. The Morgan fingerprint density at radius 1 is 0.534 bits per heavy atom. The lowest BCUT2D eigenvalue weighted by atomic mass is 9.63. The first-order valence-corrected chi connectivity index (χ1v) is 27.9. The number of aromatic nitrogens is 6. The molecule has 23 heteroatoms. The summed E-state index contributed by atoms with van der Waals surface area (Å²) in [5, 5.41) is 8.12. The van der Waals surface area contributed by atoms with Crippen LogP contribution in [0.4, 0.5) is 43.9 Å². The Morgan fingerprint density at radius 3 is 1.41 bits per heavy atom. The minimum absolute atomic E-state index is 0. The third kappa shape index (κ3) is 12.7. The van der Waals surface area contributed by atoms with Gasteiger partial charge in [-0.05, 0) is 134 Å². The number of amides is 2. The summed E-state index contributed by atoms with van der Waals surface area (Å²) < 4.78 is 143. The first-order chi connectivity index (χ1) is 41.6. The van der Waals surface area contributed by atoms with Crippen LogP contribution in [0, 0.1) is 46.7 Å². The van der Waals surface area contributed by atoms with E-state index in [1.165, 1.54) is 46.0 Å². The highest BCUT2D eigenvalue weighted by molar-refractivity contribution is 6.03. The van der Waals surface area contributed by atoms with Gasteiger partial charge in [-0.2, -0.15) is 10.2 Å². The largest absolute Gasteiger partial charge is 0.366 e. The number of primary amides is 2. The molecule has 6 aliphatic rings. The van der Waals surface area contributed by atoms with Crippen LogP contribution in [0.2, 0.25) is 0 Å². The number of carbonyl (C=O) groups excluding carboxylic acids is 5. The SMILES string of the molecule is C.NC(=O)c1cc(-c2cccnc2[C@@H](CC(=O)Cn2nc(C(F)F)c3c2C2CC(C2)C3=O)Cc2cc(F)cc(F)c2)ccc1F.NC(=O)c1cc(-c2cccnc2[C@@H](CC(=O)Cn2nc(C(F)F)c3c2C2CC(C3)C2)Cc2cc(F)cc(F)c2)ccc1F.